The van der Waals surface area contributed by atoms with Gasteiger partial charge in [0.05, 0.1) is 6.20 Å². The first-order valence-electron chi connectivity index (χ1n) is 4.68. The average Bonchev–Trinajstić information content (AvgIpc) is 2.72. The van der Waals surface area contributed by atoms with E-state index < -0.39 is 0 Å². The summed E-state index contributed by atoms with van der Waals surface area (Å²) in [4.78, 5) is 4.06. The number of pyridine rings is 1. The molecule has 2 rings (SSSR count). The van der Waals surface area contributed by atoms with Crippen LogP contribution in [0.25, 0.3) is 0 Å². The smallest absolute Gasteiger partial charge is 0.138 e. The van der Waals surface area contributed by atoms with E-state index >= 15 is 0 Å². The Kier molecular flexibility index (Phi) is 2.66. The van der Waals surface area contributed by atoms with Crippen LogP contribution in [0.3, 0.4) is 0 Å². The van der Waals surface area contributed by atoms with Crippen molar-refractivity contribution in [3.8, 4) is 18.1 Å². The molecule has 0 unspecified atom stereocenters. The molecule has 0 saturated carbocycles. The molecule has 72 valence electrons. The average molecular weight is 188 g/mol. The maximum atomic E-state index is 5.68. The predicted molar refractivity (Wildman–Crippen MR) is 54.1 cm³/mol. The van der Waals surface area contributed by atoms with Crippen molar-refractivity contribution in [2.45, 2.75) is 12.5 Å². The third-order valence-electron chi connectivity index (χ3n) is 2.20. The number of terminal acetylenes is 1. The normalized spacial score (nSPS) is 20.4. The summed E-state index contributed by atoms with van der Waals surface area (Å²) in [5, 5.41) is 3.24. The van der Waals surface area contributed by atoms with Gasteiger partial charge in [0.1, 0.15) is 17.5 Å². The molecule has 1 N–H and O–H groups in total. The Balaban J connectivity index is 1.99. The molecule has 1 aliphatic rings. The minimum atomic E-state index is 0.272. The second-order valence-corrected chi connectivity index (χ2v) is 3.26. The third-order valence-corrected chi connectivity index (χ3v) is 2.20. The highest BCUT2D eigenvalue weighted by molar-refractivity contribution is 5.29. The molecule has 1 saturated heterocycles. The van der Waals surface area contributed by atoms with Crippen molar-refractivity contribution >= 4 is 0 Å². The van der Waals surface area contributed by atoms with Crippen LogP contribution >= 0.6 is 0 Å². The monoisotopic (exact) mass is 188 g/mol. The van der Waals surface area contributed by atoms with E-state index in [0.29, 0.717) is 5.69 Å². The van der Waals surface area contributed by atoms with Gasteiger partial charge < -0.3 is 10.1 Å². The lowest BCUT2D eigenvalue weighted by atomic mass is 10.3. The Morgan fingerprint density at radius 2 is 2.50 bits per heavy atom. The summed E-state index contributed by atoms with van der Waals surface area (Å²) in [5.41, 5.74) is 0.641. The zero-order valence-electron chi connectivity index (χ0n) is 7.86. The fraction of sp³-hybridized carbons (Fsp3) is 0.364. The van der Waals surface area contributed by atoms with Crippen molar-refractivity contribution in [2.75, 3.05) is 13.1 Å². The number of nitrogens with zero attached hydrogens (tertiary/aromatic N) is 1. The molecule has 2 heterocycles. The van der Waals surface area contributed by atoms with Crippen molar-refractivity contribution in [3.05, 3.63) is 24.0 Å². The lowest BCUT2D eigenvalue weighted by Crippen LogP contribution is -2.19. The van der Waals surface area contributed by atoms with Crippen molar-refractivity contribution in [1.82, 2.24) is 10.3 Å². The zero-order valence-corrected chi connectivity index (χ0v) is 7.86. The SMILES string of the molecule is C#Cc1ccc(O[C@@H]2CCNC2)cn1. The summed E-state index contributed by atoms with van der Waals surface area (Å²) in [5.74, 6) is 3.26. The molecular weight excluding hydrogens is 176 g/mol. The van der Waals surface area contributed by atoms with Crippen LogP contribution in [0.2, 0.25) is 0 Å². The molecule has 0 bridgehead atoms. The standard InChI is InChI=1S/C11H12N2O/c1-2-9-3-4-10(8-13-9)14-11-5-6-12-7-11/h1,3-4,8,11-12H,5-7H2/t11-/m1/s1. The van der Waals surface area contributed by atoms with E-state index in [1.807, 2.05) is 6.07 Å². The molecule has 0 aliphatic carbocycles. The van der Waals surface area contributed by atoms with E-state index in [1.54, 1.807) is 12.3 Å². The second kappa shape index (κ2) is 4.12. The zero-order chi connectivity index (χ0) is 9.80. The Labute approximate surface area is 83.5 Å². The molecule has 0 spiro atoms. The number of hydrogen-bond acceptors (Lipinski definition) is 3. The third kappa shape index (κ3) is 2.04. The van der Waals surface area contributed by atoms with Crippen molar-refractivity contribution in [1.29, 1.82) is 0 Å². The summed E-state index contributed by atoms with van der Waals surface area (Å²) in [6.45, 7) is 1.94. The number of ether oxygens (including phenoxy) is 1. The van der Waals surface area contributed by atoms with E-state index in [4.69, 9.17) is 11.2 Å². The highest BCUT2D eigenvalue weighted by Crippen LogP contribution is 2.13. The molecule has 1 fully saturated rings. The van der Waals surface area contributed by atoms with Gasteiger partial charge in [-0.3, -0.25) is 0 Å². The minimum Gasteiger partial charge on any atom is -0.487 e. The topological polar surface area (TPSA) is 34.1 Å². The molecule has 1 aromatic heterocycles. The van der Waals surface area contributed by atoms with Crippen LogP contribution in [-0.2, 0) is 0 Å². The van der Waals surface area contributed by atoms with Crippen LogP contribution in [0, 0.1) is 12.3 Å². The van der Waals surface area contributed by atoms with Crippen molar-refractivity contribution < 1.29 is 4.74 Å². The van der Waals surface area contributed by atoms with Gasteiger partial charge >= 0.3 is 0 Å². The lowest BCUT2D eigenvalue weighted by Gasteiger charge is -2.11. The highest BCUT2D eigenvalue weighted by Gasteiger charge is 2.15. The van der Waals surface area contributed by atoms with Gasteiger partial charge in [-0.2, -0.15) is 0 Å². The molecule has 0 amide bonds. The molecule has 3 nitrogen and oxygen atoms in total. The second-order valence-electron chi connectivity index (χ2n) is 3.26. The van der Waals surface area contributed by atoms with Crippen LogP contribution < -0.4 is 10.1 Å². The first-order valence-corrected chi connectivity index (χ1v) is 4.68. The van der Waals surface area contributed by atoms with E-state index in [1.165, 1.54) is 0 Å². The number of rotatable bonds is 2. The molecule has 1 atom stereocenters. The largest absolute Gasteiger partial charge is 0.487 e. The van der Waals surface area contributed by atoms with E-state index in [2.05, 4.69) is 16.2 Å². The molecule has 1 aromatic rings. The predicted octanol–water partition coefficient (Wildman–Crippen LogP) is 0.804. The van der Waals surface area contributed by atoms with Gasteiger partial charge in [-0.25, -0.2) is 4.98 Å². The summed E-state index contributed by atoms with van der Waals surface area (Å²) in [7, 11) is 0. The maximum absolute atomic E-state index is 5.68. The van der Waals surface area contributed by atoms with Crippen molar-refractivity contribution in [3.63, 3.8) is 0 Å². The summed E-state index contributed by atoms with van der Waals surface area (Å²) < 4.78 is 5.68. The molecule has 1 aliphatic heterocycles. The quantitative estimate of drug-likeness (QED) is 0.697. The fourth-order valence-corrected chi connectivity index (χ4v) is 1.46. The molecule has 14 heavy (non-hydrogen) atoms. The van der Waals surface area contributed by atoms with Crippen LogP contribution in [0.1, 0.15) is 12.1 Å². The molecule has 3 heteroatoms. The Morgan fingerprint density at radius 1 is 1.57 bits per heavy atom. The maximum Gasteiger partial charge on any atom is 0.138 e. The molecule has 0 radical (unpaired) electrons. The van der Waals surface area contributed by atoms with Gasteiger partial charge in [-0.05, 0) is 25.1 Å². The van der Waals surface area contributed by atoms with Crippen LogP contribution in [0.15, 0.2) is 18.3 Å². The number of hydrogen-bond donors (Lipinski definition) is 1. The number of nitrogens with one attached hydrogen (secondary N) is 1. The van der Waals surface area contributed by atoms with Gasteiger partial charge in [0.15, 0.2) is 0 Å². The summed E-state index contributed by atoms with van der Waals surface area (Å²) in [6.07, 6.45) is 8.20. The Bertz CT molecular complexity index is 333. The van der Waals surface area contributed by atoms with Gasteiger partial charge in [0.25, 0.3) is 0 Å². The van der Waals surface area contributed by atoms with Gasteiger partial charge in [0.2, 0.25) is 0 Å². The Morgan fingerprint density at radius 3 is 3.07 bits per heavy atom. The molecular formula is C11H12N2O. The number of aromatic nitrogens is 1. The summed E-state index contributed by atoms with van der Waals surface area (Å²) in [6, 6.07) is 3.65. The highest BCUT2D eigenvalue weighted by atomic mass is 16.5. The van der Waals surface area contributed by atoms with Crippen LogP contribution in [0.5, 0.6) is 5.75 Å². The lowest BCUT2D eigenvalue weighted by molar-refractivity contribution is 0.222. The van der Waals surface area contributed by atoms with Crippen molar-refractivity contribution in [2.24, 2.45) is 0 Å². The molecule has 0 aromatic carbocycles. The van der Waals surface area contributed by atoms with E-state index in [0.717, 1.165) is 25.3 Å². The van der Waals surface area contributed by atoms with Gasteiger partial charge in [-0.1, -0.05) is 5.92 Å². The van der Waals surface area contributed by atoms with Gasteiger partial charge in [-0.15, -0.1) is 6.42 Å². The first-order chi connectivity index (χ1) is 6.88. The van der Waals surface area contributed by atoms with E-state index in [9.17, 15) is 0 Å². The van der Waals surface area contributed by atoms with Crippen LogP contribution in [0.4, 0.5) is 0 Å². The van der Waals surface area contributed by atoms with E-state index in [-0.39, 0.29) is 6.10 Å². The summed E-state index contributed by atoms with van der Waals surface area (Å²) >= 11 is 0. The first kappa shape index (κ1) is 9.04. The van der Waals surface area contributed by atoms with Crippen LogP contribution in [-0.4, -0.2) is 24.2 Å². The van der Waals surface area contributed by atoms with Gasteiger partial charge in [0, 0.05) is 6.54 Å². The Hall–Kier alpha value is -1.53. The minimum absolute atomic E-state index is 0.272. The fourth-order valence-electron chi connectivity index (χ4n) is 1.46.